The Balaban J connectivity index is 1.33. The lowest BCUT2D eigenvalue weighted by Gasteiger charge is -2.37. The van der Waals surface area contributed by atoms with Crippen molar-refractivity contribution < 1.29 is 14.3 Å². The maximum atomic E-state index is 12.3. The first-order valence-corrected chi connectivity index (χ1v) is 13.4. The molecule has 0 spiro atoms. The van der Waals surface area contributed by atoms with Crippen molar-refractivity contribution in [2.24, 2.45) is 17.3 Å². The van der Waals surface area contributed by atoms with Crippen molar-refractivity contribution in [3.05, 3.63) is 42.0 Å². The Labute approximate surface area is 206 Å². The Morgan fingerprint density at radius 2 is 1.74 bits per heavy atom. The maximum absolute atomic E-state index is 12.3. The van der Waals surface area contributed by atoms with Gasteiger partial charge in [0.05, 0.1) is 18.6 Å². The minimum absolute atomic E-state index is 0.0129. The van der Waals surface area contributed by atoms with Gasteiger partial charge < -0.3 is 9.47 Å². The molecule has 2 fully saturated rings. The third-order valence-electron chi connectivity index (χ3n) is 7.77. The summed E-state index contributed by atoms with van der Waals surface area (Å²) in [5, 5.41) is 2.47. The van der Waals surface area contributed by atoms with Crippen LogP contribution in [0.2, 0.25) is 0 Å². The molecule has 1 heterocycles. The standard InChI is InChI=1S/C30H43NO3/c1-5-17-33-29(32)25-7-6-16-31(21-25)20-22-8-9-24-19-28(13-10-23(24)18-22)34-27-14-11-26(12-15-27)30(2,3)4/h8-10,13,18-19,25-27H,5-7,11-12,14-17,20-21H2,1-4H3. The van der Waals surface area contributed by atoms with Crippen LogP contribution in [0, 0.1) is 17.3 Å². The molecule has 0 bridgehead atoms. The Bertz CT molecular complexity index is 955. The summed E-state index contributed by atoms with van der Waals surface area (Å²) in [7, 11) is 0. The van der Waals surface area contributed by atoms with E-state index in [0.29, 0.717) is 18.1 Å². The number of fused-ring (bicyclic) bond motifs is 1. The fourth-order valence-electron chi connectivity index (χ4n) is 5.65. The molecule has 1 unspecified atom stereocenters. The van der Waals surface area contributed by atoms with E-state index in [-0.39, 0.29) is 11.9 Å². The van der Waals surface area contributed by atoms with E-state index in [0.717, 1.165) is 63.4 Å². The van der Waals surface area contributed by atoms with Crippen molar-refractivity contribution in [3.63, 3.8) is 0 Å². The van der Waals surface area contributed by atoms with Gasteiger partial charge in [-0.3, -0.25) is 9.69 Å². The van der Waals surface area contributed by atoms with Crippen molar-refractivity contribution in [2.45, 2.75) is 85.3 Å². The summed E-state index contributed by atoms with van der Waals surface area (Å²) >= 11 is 0. The first kappa shape index (κ1) is 25.0. The summed E-state index contributed by atoms with van der Waals surface area (Å²) in [6.07, 6.45) is 8.05. The molecule has 4 heteroatoms. The Kier molecular flexibility index (Phi) is 8.18. The number of ether oxygens (including phenoxy) is 2. The van der Waals surface area contributed by atoms with Gasteiger partial charge in [-0.15, -0.1) is 0 Å². The zero-order valence-corrected chi connectivity index (χ0v) is 21.6. The molecule has 2 aliphatic rings. The molecule has 0 radical (unpaired) electrons. The topological polar surface area (TPSA) is 38.8 Å². The maximum Gasteiger partial charge on any atom is 0.310 e. The van der Waals surface area contributed by atoms with Crippen LogP contribution in [0.5, 0.6) is 5.75 Å². The molecule has 1 aliphatic heterocycles. The van der Waals surface area contributed by atoms with Gasteiger partial charge in [-0.05, 0) is 97.4 Å². The number of rotatable bonds is 7. The van der Waals surface area contributed by atoms with Gasteiger partial charge in [0.2, 0.25) is 0 Å². The average Bonchev–Trinajstić information content (AvgIpc) is 2.82. The number of esters is 1. The summed E-state index contributed by atoms with van der Waals surface area (Å²) in [4.78, 5) is 14.7. The smallest absolute Gasteiger partial charge is 0.310 e. The van der Waals surface area contributed by atoms with Gasteiger partial charge >= 0.3 is 5.97 Å². The minimum Gasteiger partial charge on any atom is -0.490 e. The van der Waals surface area contributed by atoms with E-state index in [1.165, 1.54) is 29.2 Å². The second-order valence-electron chi connectivity index (χ2n) is 11.5. The van der Waals surface area contributed by atoms with E-state index < -0.39 is 0 Å². The van der Waals surface area contributed by atoms with Crippen LogP contribution in [0.4, 0.5) is 0 Å². The number of carbonyl (C=O) groups is 1. The average molecular weight is 466 g/mol. The lowest BCUT2D eigenvalue weighted by molar-refractivity contribution is -0.150. The van der Waals surface area contributed by atoms with E-state index in [9.17, 15) is 4.79 Å². The Morgan fingerprint density at radius 1 is 1.00 bits per heavy atom. The molecule has 4 nitrogen and oxygen atoms in total. The lowest BCUT2D eigenvalue weighted by Crippen LogP contribution is -2.39. The number of likely N-dealkylation sites (tertiary alicyclic amines) is 1. The van der Waals surface area contributed by atoms with Crippen LogP contribution in [-0.4, -0.2) is 36.7 Å². The monoisotopic (exact) mass is 465 g/mol. The van der Waals surface area contributed by atoms with Crippen LogP contribution in [0.25, 0.3) is 10.8 Å². The van der Waals surface area contributed by atoms with Gasteiger partial charge in [-0.25, -0.2) is 0 Å². The molecule has 2 aromatic rings. The van der Waals surface area contributed by atoms with Crippen molar-refractivity contribution in [2.75, 3.05) is 19.7 Å². The largest absolute Gasteiger partial charge is 0.490 e. The zero-order chi connectivity index (χ0) is 24.1. The molecule has 1 saturated heterocycles. The van der Waals surface area contributed by atoms with Crippen LogP contribution in [0.1, 0.15) is 78.2 Å². The van der Waals surface area contributed by atoms with Gasteiger partial charge in [0.1, 0.15) is 5.75 Å². The molecule has 2 aromatic carbocycles. The van der Waals surface area contributed by atoms with Crippen LogP contribution in [0.3, 0.4) is 0 Å². The summed E-state index contributed by atoms with van der Waals surface area (Å²) in [5.41, 5.74) is 1.70. The Morgan fingerprint density at radius 3 is 2.47 bits per heavy atom. The van der Waals surface area contributed by atoms with Crippen LogP contribution in [-0.2, 0) is 16.1 Å². The molecular weight excluding hydrogens is 422 g/mol. The summed E-state index contributed by atoms with van der Waals surface area (Å²) < 4.78 is 11.8. The normalized spacial score (nSPS) is 24.2. The number of carbonyl (C=O) groups excluding carboxylic acids is 1. The molecule has 0 aromatic heterocycles. The Hall–Kier alpha value is -2.07. The van der Waals surface area contributed by atoms with E-state index in [4.69, 9.17) is 9.47 Å². The van der Waals surface area contributed by atoms with Crippen LogP contribution in [0.15, 0.2) is 36.4 Å². The van der Waals surface area contributed by atoms with Gasteiger partial charge in [0, 0.05) is 13.1 Å². The van der Waals surface area contributed by atoms with E-state index in [2.05, 4.69) is 62.1 Å². The number of hydrogen-bond acceptors (Lipinski definition) is 4. The summed E-state index contributed by atoms with van der Waals surface area (Å²) in [6.45, 7) is 12.4. The molecule has 1 atom stereocenters. The molecular formula is C30H43NO3. The summed E-state index contributed by atoms with van der Waals surface area (Å²) in [5.74, 6) is 1.78. The van der Waals surface area contributed by atoms with E-state index in [1.54, 1.807) is 0 Å². The van der Waals surface area contributed by atoms with Gasteiger partial charge in [0.15, 0.2) is 0 Å². The number of hydrogen-bond donors (Lipinski definition) is 0. The van der Waals surface area contributed by atoms with Crippen LogP contribution < -0.4 is 4.74 Å². The quantitative estimate of drug-likeness (QED) is 0.413. The van der Waals surface area contributed by atoms with Crippen molar-refractivity contribution >= 4 is 16.7 Å². The number of nitrogens with zero attached hydrogens (tertiary/aromatic N) is 1. The summed E-state index contributed by atoms with van der Waals surface area (Å²) in [6, 6.07) is 13.2. The molecule has 0 N–H and O–H groups in total. The van der Waals surface area contributed by atoms with Crippen molar-refractivity contribution in [1.29, 1.82) is 0 Å². The molecule has 34 heavy (non-hydrogen) atoms. The molecule has 1 saturated carbocycles. The van der Waals surface area contributed by atoms with E-state index in [1.807, 2.05) is 6.92 Å². The third-order valence-corrected chi connectivity index (χ3v) is 7.77. The molecule has 1 aliphatic carbocycles. The molecule has 0 amide bonds. The second-order valence-corrected chi connectivity index (χ2v) is 11.5. The van der Waals surface area contributed by atoms with Gasteiger partial charge in [0.25, 0.3) is 0 Å². The number of piperidine rings is 1. The van der Waals surface area contributed by atoms with Gasteiger partial charge in [-0.2, -0.15) is 0 Å². The zero-order valence-electron chi connectivity index (χ0n) is 21.6. The highest BCUT2D eigenvalue weighted by atomic mass is 16.5. The number of benzene rings is 2. The first-order chi connectivity index (χ1) is 16.3. The minimum atomic E-state index is -0.0236. The lowest BCUT2D eigenvalue weighted by atomic mass is 9.72. The first-order valence-electron chi connectivity index (χ1n) is 13.4. The highest BCUT2D eigenvalue weighted by Crippen LogP contribution is 2.39. The highest BCUT2D eigenvalue weighted by molar-refractivity contribution is 5.84. The molecule has 4 rings (SSSR count). The predicted molar refractivity (Wildman–Crippen MR) is 139 cm³/mol. The third kappa shape index (κ3) is 6.53. The van der Waals surface area contributed by atoms with Gasteiger partial charge in [-0.1, -0.05) is 45.9 Å². The van der Waals surface area contributed by atoms with E-state index >= 15 is 0 Å². The highest BCUT2D eigenvalue weighted by Gasteiger charge is 2.30. The van der Waals surface area contributed by atoms with Crippen LogP contribution >= 0.6 is 0 Å². The fraction of sp³-hybridized carbons (Fsp3) is 0.633. The second kappa shape index (κ2) is 11.1. The SMILES string of the molecule is CCCOC(=O)C1CCCN(Cc2ccc3cc(OC4CCC(C(C)(C)C)CC4)ccc3c2)C1. The predicted octanol–water partition coefficient (Wildman–Crippen LogP) is 6.99. The van der Waals surface area contributed by atoms with Crippen molar-refractivity contribution in [3.8, 4) is 5.75 Å². The fourth-order valence-corrected chi connectivity index (χ4v) is 5.65. The molecule has 186 valence electrons. The van der Waals surface area contributed by atoms with Crippen molar-refractivity contribution in [1.82, 2.24) is 4.90 Å².